The van der Waals surface area contributed by atoms with Gasteiger partial charge in [-0.2, -0.15) is 13.2 Å². The Morgan fingerprint density at radius 3 is 2.39 bits per heavy atom. The second-order valence-electron chi connectivity index (χ2n) is 3.53. The van der Waals surface area contributed by atoms with Crippen LogP contribution in [0.2, 0.25) is 0 Å². The van der Waals surface area contributed by atoms with Crippen LogP contribution >= 0.6 is 0 Å². The van der Waals surface area contributed by atoms with Crippen LogP contribution in [0.25, 0.3) is 0 Å². The van der Waals surface area contributed by atoms with Crippen molar-refractivity contribution in [1.29, 1.82) is 0 Å². The van der Waals surface area contributed by atoms with E-state index in [1.807, 2.05) is 0 Å². The molecular formula is C8H9F5N4O. The maximum atomic E-state index is 12.7. The molecule has 0 fully saturated rings. The standard InChI is InChI=1S/C8H9F5N4O/c1-3(8(11,12)13)17-6(7(9)10)4(15-16-17)2-5(14)18/h3,7H,2H2,1H3,(H2,14,18). The molecule has 1 amide bonds. The molecule has 0 aliphatic rings. The molecule has 0 aromatic carbocycles. The van der Waals surface area contributed by atoms with Crippen LogP contribution in [-0.4, -0.2) is 27.1 Å². The molecule has 1 atom stereocenters. The summed E-state index contributed by atoms with van der Waals surface area (Å²) in [6.45, 7) is 0.661. The Balaban J connectivity index is 3.21. The van der Waals surface area contributed by atoms with E-state index in [4.69, 9.17) is 5.73 Å². The first-order chi connectivity index (χ1) is 8.14. The van der Waals surface area contributed by atoms with Crippen molar-refractivity contribution >= 4 is 5.91 Å². The fraction of sp³-hybridized carbons (Fsp3) is 0.625. The van der Waals surface area contributed by atoms with Crippen LogP contribution < -0.4 is 5.73 Å². The lowest BCUT2D eigenvalue weighted by atomic mass is 10.2. The van der Waals surface area contributed by atoms with Gasteiger partial charge in [-0.25, -0.2) is 13.5 Å². The minimum Gasteiger partial charge on any atom is -0.369 e. The Kier molecular flexibility index (Phi) is 3.87. The molecule has 1 aromatic rings. The number of primary amides is 1. The molecule has 0 radical (unpaired) electrons. The topological polar surface area (TPSA) is 73.8 Å². The molecule has 0 saturated carbocycles. The molecule has 10 heteroatoms. The van der Waals surface area contributed by atoms with Crippen molar-refractivity contribution in [1.82, 2.24) is 15.0 Å². The van der Waals surface area contributed by atoms with Crippen molar-refractivity contribution in [2.75, 3.05) is 0 Å². The minimum absolute atomic E-state index is 0.0585. The maximum Gasteiger partial charge on any atom is 0.410 e. The van der Waals surface area contributed by atoms with Gasteiger partial charge in [0, 0.05) is 0 Å². The Labute approximate surface area is 97.7 Å². The van der Waals surface area contributed by atoms with E-state index in [0.717, 1.165) is 0 Å². The Hall–Kier alpha value is -1.74. The molecule has 5 nitrogen and oxygen atoms in total. The van der Waals surface area contributed by atoms with E-state index < -0.39 is 42.4 Å². The molecule has 2 N–H and O–H groups in total. The van der Waals surface area contributed by atoms with Gasteiger partial charge in [-0.3, -0.25) is 4.79 Å². The highest BCUT2D eigenvalue weighted by atomic mass is 19.4. The molecular weight excluding hydrogens is 263 g/mol. The number of aromatic nitrogens is 3. The van der Waals surface area contributed by atoms with Crippen molar-refractivity contribution in [2.24, 2.45) is 5.73 Å². The molecule has 0 bridgehead atoms. The first-order valence-electron chi connectivity index (χ1n) is 4.71. The molecule has 0 aliphatic heterocycles. The van der Waals surface area contributed by atoms with Gasteiger partial charge in [0.25, 0.3) is 6.43 Å². The number of alkyl halides is 5. The third kappa shape index (κ3) is 2.93. The maximum absolute atomic E-state index is 12.7. The molecule has 1 rings (SSSR count). The van der Waals surface area contributed by atoms with E-state index in [1.165, 1.54) is 0 Å². The normalized spacial score (nSPS) is 13.9. The van der Waals surface area contributed by atoms with Crippen LogP contribution in [0.15, 0.2) is 0 Å². The summed E-state index contributed by atoms with van der Waals surface area (Å²) in [5.74, 6) is -0.983. The Morgan fingerprint density at radius 1 is 1.44 bits per heavy atom. The van der Waals surface area contributed by atoms with Gasteiger partial charge in [-0.15, -0.1) is 5.10 Å². The molecule has 1 heterocycles. The van der Waals surface area contributed by atoms with Gasteiger partial charge in [0.1, 0.15) is 17.4 Å². The third-order valence-corrected chi connectivity index (χ3v) is 2.19. The van der Waals surface area contributed by atoms with E-state index in [0.29, 0.717) is 6.92 Å². The van der Waals surface area contributed by atoms with Crippen molar-refractivity contribution in [3.63, 3.8) is 0 Å². The summed E-state index contributed by atoms with van der Waals surface area (Å²) in [6.07, 6.45) is -8.68. The Morgan fingerprint density at radius 2 is 2.00 bits per heavy atom. The van der Waals surface area contributed by atoms with Crippen LogP contribution in [0.1, 0.15) is 30.8 Å². The predicted octanol–water partition coefficient (Wildman–Crippen LogP) is 1.37. The highest BCUT2D eigenvalue weighted by molar-refractivity contribution is 5.76. The fourth-order valence-electron chi connectivity index (χ4n) is 1.28. The van der Waals surface area contributed by atoms with Gasteiger partial charge < -0.3 is 5.73 Å². The second kappa shape index (κ2) is 4.86. The van der Waals surface area contributed by atoms with E-state index in [2.05, 4.69) is 10.3 Å². The molecule has 0 aliphatic carbocycles. The van der Waals surface area contributed by atoms with Crippen LogP contribution in [0.5, 0.6) is 0 Å². The number of carbonyl (C=O) groups is 1. The fourth-order valence-corrected chi connectivity index (χ4v) is 1.28. The van der Waals surface area contributed by atoms with Gasteiger partial charge in [0.2, 0.25) is 5.91 Å². The molecule has 0 saturated heterocycles. The van der Waals surface area contributed by atoms with Crippen molar-refractivity contribution in [3.8, 4) is 0 Å². The summed E-state index contributed by atoms with van der Waals surface area (Å²) in [6, 6.07) is -2.27. The van der Waals surface area contributed by atoms with Gasteiger partial charge in [-0.05, 0) is 6.92 Å². The van der Waals surface area contributed by atoms with E-state index >= 15 is 0 Å². The highest BCUT2D eigenvalue weighted by Gasteiger charge is 2.41. The molecule has 1 aromatic heterocycles. The third-order valence-electron chi connectivity index (χ3n) is 2.19. The Bertz CT molecular complexity index is 441. The summed E-state index contributed by atoms with van der Waals surface area (Å²) < 4.78 is 62.7. The largest absolute Gasteiger partial charge is 0.410 e. The van der Waals surface area contributed by atoms with Gasteiger partial charge in [0.15, 0.2) is 0 Å². The number of nitrogens with two attached hydrogens (primary N) is 1. The summed E-state index contributed by atoms with van der Waals surface area (Å²) in [5, 5.41) is 6.16. The lowest BCUT2D eigenvalue weighted by Crippen LogP contribution is -2.26. The quantitative estimate of drug-likeness (QED) is 0.841. The number of carbonyl (C=O) groups excluding carboxylic acids is 1. The van der Waals surface area contributed by atoms with Crippen molar-refractivity contribution in [2.45, 2.75) is 32.0 Å². The first kappa shape index (κ1) is 14.3. The number of rotatable bonds is 4. The van der Waals surface area contributed by atoms with Crippen molar-refractivity contribution < 1.29 is 26.7 Å². The highest BCUT2D eigenvalue weighted by Crippen LogP contribution is 2.33. The molecule has 0 spiro atoms. The summed E-state index contributed by atoms with van der Waals surface area (Å²) in [5.41, 5.74) is 3.19. The zero-order valence-electron chi connectivity index (χ0n) is 9.08. The predicted molar refractivity (Wildman–Crippen MR) is 48.6 cm³/mol. The SMILES string of the molecule is CC(n1nnc(CC(N)=O)c1C(F)F)C(F)(F)F. The number of nitrogens with zero attached hydrogens (tertiary/aromatic N) is 3. The average Bonchev–Trinajstić information content (AvgIpc) is 2.57. The summed E-state index contributed by atoms with van der Waals surface area (Å²) >= 11 is 0. The van der Waals surface area contributed by atoms with E-state index in [9.17, 15) is 26.7 Å². The van der Waals surface area contributed by atoms with Gasteiger partial charge in [-0.1, -0.05) is 5.21 Å². The zero-order chi connectivity index (χ0) is 14.1. The second-order valence-corrected chi connectivity index (χ2v) is 3.53. The monoisotopic (exact) mass is 272 g/mol. The molecule has 1 unspecified atom stereocenters. The van der Waals surface area contributed by atoms with Gasteiger partial charge >= 0.3 is 6.18 Å². The van der Waals surface area contributed by atoms with E-state index in [1.54, 1.807) is 0 Å². The smallest absolute Gasteiger partial charge is 0.369 e. The number of halogens is 5. The summed E-state index contributed by atoms with van der Waals surface area (Å²) in [4.78, 5) is 10.6. The average molecular weight is 272 g/mol. The van der Waals surface area contributed by atoms with E-state index in [-0.39, 0.29) is 4.68 Å². The van der Waals surface area contributed by atoms with Gasteiger partial charge in [0.05, 0.1) is 6.42 Å². The minimum atomic E-state index is -4.75. The molecule has 18 heavy (non-hydrogen) atoms. The number of amides is 1. The van der Waals surface area contributed by atoms with Crippen molar-refractivity contribution in [3.05, 3.63) is 11.4 Å². The zero-order valence-corrected chi connectivity index (χ0v) is 9.08. The van der Waals surface area contributed by atoms with Crippen LogP contribution in [-0.2, 0) is 11.2 Å². The number of hydrogen-bond donors (Lipinski definition) is 1. The van der Waals surface area contributed by atoms with Crippen LogP contribution in [0.3, 0.4) is 0 Å². The summed E-state index contributed by atoms with van der Waals surface area (Å²) in [7, 11) is 0. The molecule has 102 valence electrons. The number of hydrogen-bond acceptors (Lipinski definition) is 3. The first-order valence-corrected chi connectivity index (χ1v) is 4.71. The van der Waals surface area contributed by atoms with Crippen LogP contribution in [0, 0.1) is 0 Å². The lowest BCUT2D eigenvalue weighted by molar-refractivity contribution is -0.166. The van der Waals surface area contributed by atoms with Crippen LogP contribution in [0.4, 0.5) is 22.0 Å². The lowest BCUT2D eigenvalue weighted by Gasteiger charge is -2.17.